The first-order valence-electron chi connectivity index (χ1n) is 7.75. The minimum absolute atomic E-state index is 0. The standard InChI is InChI=1S/C14H23N3O10.2H2O/c18-10(19)5-15(1-3-16(6-11(20)21)7-12(22)23)2-4-17(8-13(24)25)9-14(26)27;;/h1-9H2,(H,18,19)(H,20,21)(H,22,23)(H,24,25)(H,26,27);2*1H2. The molecule has 0 rings (SSSR count). The van der Waals surface area contributed by atoms with Crippen LogP contribution in [-0.2, 0) is 24.0 Å². The van der Waals surface area contributed by atoms with E-state index in [0.717, 1.165) is 9.80 Å². The number of hydrogen-bond acceptors (Lipinski definition) is 8. The van der Waals surface area contributed by atoms with Crippen molar-refractivity contribution in [3.8, 4) is 0 Å². The fourth-order valence-electron chi connectivity index (χ4n) is 2.22. The van der Waals surface area contributed by atoms with Gasteiger partial charge in [0.05, 0.1) is 32.7 Å². The molecular weight excluding hydrogens is 402 g/mol. The van der Waals surface area contributed by atoms with Crippen molar-refractivity contribution >= 4 is 29.8 Å². The molecule has 0 aromatic heterocycles. The van der Waals surface area contributed by atoms with Gasteiger partial charge < -0.3 is 36.5 Å². The SMILES string of the molecule is O.O.O=C(O)CN(CCN(CC(=O)O)CC(=O)O)CCN(CC(=O)O)CC(=O)O. The molecule has 0 unspecified atom stereocenters. The number of carbonyl (C=O) groups is 5. The molecule has 29 heavy (non-hydrogen) atoms. The van der Waals surface area contributed by atoms with Crippen molar-refractivity contribution in [3.05, 3.63) is 0 Å². The van der Waals surface area contributed by atoms with Gasteiger partial charge in [0.2, 0.25) is 0 Å². The molecule has 0 aliphatic heterocycles. The Hall–Kier alpha value is -2.85. The molecule has 15 heteroatoms. The molecule has 9 N–H and O–H groups in total. The predicted molar refractivity (Wildman–Crippen MR) is 94.7 cm³/mol. The summed E-state index contributed by atoms with van der Waals surface area (Å²) in [4.78, 5) is 57.6. The van der Waals surface area contributed by atoms with Crippen molar-refractivity contribution in [3.63, 3.8) is 0 Å². The summed E-state index contributed by atoms with van der Waals surface area (Å²) in [5.74, 6) is -6.16. The van der Waals surface area contributed by atoms with Gasteiger partial charge in [-0.25, -0.2) is 0 Å². The van der Waals surface area contributed by atoms with Crippen LogP contribution < -0.4 is 0 Å². The molecular formula is C14H27N3O12. The zero-order valence-electron chi connectivity index (χ0n) is 15.5. The summed E-state index contributed by atoms with van der Waals surface area (Å²) < 4.78 is 0. The van der Waals surface area contributed by atoms with Crippen LogP contribution in [0.15, 0.2) is 0 Å². The van der Waals surface area contributed by atoms with Crippen molar-refractivity contribution in [2.24, 2.45) is 0 Å². The average molecular weight is 429 g/mol. The molecule has 15 nitrogen and oxygen atoms in total. The number of carboxylic acids is 5. The van der Waals surface area contributed by atoms with Crippen molar-refractivity contribution in [1.82, 2.24) is 14.7 Å². The molecule has 0 bridgehead atoms. The highest BCUT2D eigenvalue weighted by molar-refractivity contribution is 5.73. The highest BCUT2D eigenvalue weighted by atomic mass is 16.4. The maximum absolute atomic E-state index is 11.0. The van der Waals surface area contributed by atoms with Crippen LogP contribution >= 0.6 is 0 Å². The molecule has 0 fully saturated rings. The van der Waals surface area contributed by atoms with E-state index >= 15 is 0 Å². The smallest absolute Gasteiger partial charge is 0.317 e. The molecule has 0 heterocycles. The summed E-state index contributed by atoms with van der Waals surface area (Å²) in [5, 5.41) is 44.1. The molecule has 0 spiro atoms. The zero-order chi connectivity index (χ0) is 21.0. The number of hydrogen-bond donors (Lipinski definition) is 5. The molecule has 170 valence electrons. The van der Waals surface area contributed by atoms with Crippen molar-refractivity contribution in [1.29, 1.82) is 0 Å². The highest BCUT2D eigenvalue weighted by Crippen LogP contribution is 1.97. The van der Waals surface area contributed by atoms with Gasteiger partial charge in [-0.15, -0.1) is 0 Å². The van der Waals surface area contributed by atoms with Crippen LogP contribution in [0.3, 0.4) is 0 Å². The third-order valence-corrected chi connectivity index (χ3v) is 3.26. The third-order valence-electron chi connectivity index (χ3n) is 3.26. The van der Waals surface area contributed by atoms with Crippen LogP contribution in [0.4, 0.5) is 0 Å². The molecule has 0 radical (unpaired) electrons. The second kappa shape index (κ2) is 16.1. The lowest BCUT2D eigenvalue weighted by atomic mass is 10.3. The molecule has 0 saturated carbocycles. The average Bonchev–Trinajstić information content (AvgIpc) is 2.46. The summed E-state index contributed by atoms with van der Waals surface area (Å²) in [7, 11) is 0. The van der Waals surface area contributed by atoms with E-state index in [1.54, 1.807) is 0 Å². The quantitative estimate of drug-likeness (QED) is 0.155. The van der Waals surface area contributed by atoms with E-state index in [-0.39, 0.29) is 37.1 Å². The minimum atomic E-state index is -1.24. The Bertz CT molecular complexity index is 484. The maximum atomic E-state index is 11.0. The normalized spacial score (nSPS) is 10.3. The fourth-order valence-corrected chi connectivity index (χ4v) is 2.22. The largest absolute Gasteiger partial charge is 0.480 e. The Morgan fingerprint density at radius 2 is 0.586 bits per heavy atom. The van der Waals surface area contributed by atoms with Gasteiger partial charge in [0.15, 0.2) is 0 Å². The van der Waals surface area contributed by atoms with Gasteiger partial charge in [-0.1, -0.05) is 0 Å². The third kappa shape index (κ3) is 18.3. The molecule has 0 aromatic carbocycles. The summed E-state index contributed by atoms with van der Waals surface area (Å²) >= 11 is 0. The number of nitrogens with zero attached hydrogens (tertiary/aromatic N) is 3. The number of rotatable bonds is 16. The number of carboxylic acid groups (broad SMARTS) is 5. The van der Waals surface area contributed by atoms with E-state index < -0.39 is 62.6 Å². The van der Waals surface area contributed by atoms with Gasteiger partial charge in [0.25, 0.3) is 0 Å². The topological polar surface area (TPSA) is 259 Å². The predicted octanol–water partition coefficient (Wildman–Crippen LogP) is -4.33. The monoisotopic (exact) mass is 429 g/mol. The van der Waals surface area contributed by atoms with Gasteiger partial charge in [-0.05, 0) is 0 Å². The van der Waals surface area contributed by atoms with Gasteiger partial charge in [-0.2, -0.15) is 0 Å². The van der Waals surface area contributed by atoms with E-state index in [1.807, 2.05) is 0 Å². The van der Waals surface area contributed by atoms with Crippen LogP contribution in [0.2, 0.25) is 0 Å². The second-order valence-corrected chi connectivity index (χ2v) is 5.67. The van der Waals surface area contributed by atoms with E-state index in [2.05, 4.69) is 0 Å². The Labute approximate surface area is 165 Å². The van der Waals surface area contributed by atoms with E-state index in [0.29, 0.717) is 0 Å². The zero-order valence-corrected chi connectivity index (χ0v) is 15.5. The Morgan fingerprint density at radius 1 is 0.414 bits per heavy atom. The van der Waals surface area contributed by atoms with Crippen LogP contribution in [0.1, 0.15) is 0 Å². The fraction of sp³-hybridized carbons (Fsp3) is 0.643. The number of aliphatic carboxylic acids is 5. The summed E-state index contributed by atoms with van der Waals surface area (Å²) in [6.45, 7) is -2.74. The second-order valence-electron chi connectivity index (χ2n) is 5.67. The van der Waals surface area contributed by atoms with Crippen molar-refractivity contribution < 1.29 is 60.5 Å². The first-order valence-corrected chi connectivity index (χ1v) is 7.75. The van der Waals surface area contributed by atoms with Crippen LogP contribution in [0.5, 0.6) is 0 Å². The molecule has 0 amide bonds. The Balaban J connectivity index is -0.00000338. The van der Waals surface area contributed by atoms with Gasteiger partial charge in [0.1, 0.15) is 0 Å². The van der Waals surface area contributed by atoms with Crippen molar-refractivity contribution in [2.45, 2.75) is 0 Å². The summed E-state index contributed by atoms with van der Waals surface area (Å²) in [6.07, 6.45) is 0. The van der Waals surface area contributed by atoms with Gasteiger partial charge in [-0.3, -0.25) is 38.7 Å². The highest BCUT2D eigenvalue weighted by Gasteiger charge is 2.19. The Morgan fingerprint density at radius 3 is 0.793 bits per heavy atom. The van der Waals surface area contributed by atoms with E-state index in [9.17, 15) is 24.0 Å². The van der Waals surface area contributed by atoms with Crippen molar-refractivity contribution in [2.75, 3.05) is 58.9 Å². The van der Waals surface area contributed by atoms with Gasteiger partial charge >= 0.3 is 29.8 Å². The summed E-state index contributed by atoms with van der Waals surface area (Å²) in [6, 6.07) is 0. The van der Waals surface area contributed by atoms with Crippen LogP contribution in [-0.4, -0.2) is 140 Å². The van der Waals surface area contributed by atoms with E-state index in [1.165, 1.54) is 4.90 Å². The molecule has 0 saturated heterocycles. The van der Waals surface area contributed by atoms with Gasteiger partial charge in [0, 0.05) is 26.2 Å². The lowest BCUT2D eigenvalue weighted by molar-refractivity contribution is -0.143. The maximum Gasteiger partial charge on any atom is 0.317 e. The first kappa shape index (κ1) is 30.9. The summed E-state index contributed by atoms with van der Waals surface area (Å²) in [5.41, 5.74) is 0. The first-order chi connectivity index (χ1) is 12.5. The minimum Gasteiger partial charge on any atom is -0.480 e. The van der Waals surface area contributed by atoms with E-state index in [4.69, 9.17) is 25.5 Å². The molecule has 0 aliphatic carbocycles. The van der Waals surface area contributed by atoms with Crippen LogP contribution in [0.25, 0.3) is 0 Å². The molecule has 0 atom stereocenters. The molecule has 0 aliphatic rings. The Kier molecular flexibility index (Phi) is 17.2. The molecule has 0 aromatic rings. The lowest BCUT2D eigenvalue weighted by Gasteiger charge is -2.27. The van der Waals surface area contributed by atoms with Crippen LogP contribution in [0, 0.1) is 0 Å². The lowest BCUT2D eigenvalue weighted by Crippen LogP contribution is -2.45.